The fraction of sp³-hybridized carbons (Fsp3) is 0.154. The SMILES string of the molecule is CC(C(=O)Nc1cncnc1)c1ccccc1. The van der Waals surface area contributed by atoms with Gasteiger partial charge in [0, 0.05) is 0 Å². The van der Waals surface area contributed by atoms with Crippen molar-refractivity contribution >= 4 is 11.6 Å². The number of hydrogen-bond donors (Lipinski definition) is 1. The molecule has 2 rings (SSSR count). The third-order valence-corrected chi connectivity index (χ3v) is 2.52. The maximum atomic E-state index is 11.9. The van der Waals surface area contributed by atoms with E-state index in [1.807, 2.05) is 37.3 Å². The van der Waals surface area contributed by atoms with Crippen LogP contribution in [0.15, 0.2) is 49.1 Å². The molecule has 1 amide bonds. The molecule has 0 spiro atoms. The molecule has 0 aliphatic heterocycles. The topological polar surface area (TPSA) is 54.9 Å². The van der Waals surface area contributed by atoms with E-state index in [-0.39, 0.29) is 11.8 Å². The van der Waals surface area contributed by atoms with Crippen molar-refractivity contribution in [3.05, 3.63) is 54.6 Å². The van der Waals surface area contributed by atoms with Crippen LogP contribution in [-0.2, 0) is 4.79 Å². The monoisotopic (exact) mass is 227 g/mol. The molecule has 0 saturated heterocycles. The summed E-state index contributed by atoms with van der Waals surface area (Å²) in [5.41, 5.74) is 1.60. The van der Waals surface area contributed by atoms with E-state index in [0.717, 1.165) is 5.56 Å². The molecular formula is C13H13N3O. The van der Waals surface area contributed by atoms with Gasteiger partial charge in [-0.3, -0.25) is 4.79 Å². The summed E-state index contributed by atoms with van der Waals surface area (Å²) in [5, 5.41) is 2.78. The zero-order valence-corrected chi connectivity index (χ0v) is 9.50. The third kappa shape index (κ3) is 2.87. The Morgan fingerprint density at radius 3 is 2.47 bits per heavy atom. The molecule has 0 bridgehead atoms. The first-order valence-electron chi connectivity index (χ1n) is 5.38. The summed E-state index contributed by atoms with van der Waals surface area (Å²) in [6.07, 6.45) is 4.57. The van der Waals surface area contributed by atoms with E-state index in [0.29, 0.717) is 5.69 Å². The molecule has 1 atom stereocenters. The Bertz CT molecular complexity index is 485. The first-order valence-corrected chi connectivity index (χ1v) is 5.38. The molecule has 1 aromatic heterocycles. The van der Waals surface area contributed by atoms with Crippen molar-refractivity contribution in [2.45, 2.75) is 12.8 Å². The number of carbonyl (C=O) groups is 1. The molecule has 0 radical (unpaired) electrons. The van der Waals surface area contributed by atoms with Gasteiger partial charge < -0.3 is 5.32 Å². The minimum absolute atomic E-state index is 0.0639. The van der Waals surface area contributed by atoms with Crippen LogP contribution in [-0.4, -0.2) is 15.9 Å². The van der Waals surface area contributed by atoms with Crippen LogP contribution in [0.5, 0.6) is 0 Å². The highest BCUT2D eigenvalue weighted by Gasteiger charge is 2.14. The summed E-state index contributed by atoms with van der Waals surface area (Å²) in [4.78, 5) is 19.6. The predicted octanol–water partition coefficient (Wildman–Crippen LogP) is 2.22. The smallest absolute Gasteiger partial charge is 0.231 e. The lowest BCUT2D eigenvalue weighted by molar-refractivity contribution is -0.117. The van der Waals surface area contributed by atoms with E-state index < -0.39 is 0 Å². The molecule has 17 heavy (non-hydrogen) atoms. The summed E-state index contributed by atoms with van der Waals surface area (Å²) in [5.74, 6) is -0.262. The average Bonchev–Trinajstić information content (AvgIpc) is 2.40. The van der Waals surface area contributed by atoms with Crippen molar-refractivity contribution in [3.8, 4) is 0 Å². The van der Waals surface area contributed by atoms with Gasteiger partial charge in [-0.15, -0.1) is 0 Å². The van der Waals surface area contributed by atoms with E-state index in [1.54, 1.807) is 12.4 Å². The van der Waals surface area contributed by atoms with Crippen LogP contribution in [0, 0.1) is 0 Å². The quantitative estimate of drug-likeness (QED) is 0.874. The number of nitrogens with zero attached hydrogens (tertiary/aromatic N) is 2. The van der Waals surface area contributed by atoms with Crippen molar-refractivity contribution < 1.29 is 4.79 Å². The van der Waals surface area contributed by atoms with Gasteiger partial charge in [-0.2, -0.15) is 0 Å². The molecule has 0 fully saturated rings. The van der Waals surface area contributed by atoms with E-state index in [4.69, 9.17) is 0 Å². The number of nitrogens with one attached hydrogen (secondary N) is 1. The highest BCUT2D eigenvalue weighted by atomic mass is 16.1. The lowest BCUT2D eigenvalue weighted by atomic mass is 10.0. The van der Waals surface area contributed by atoms with Gasteiger partial charge >= 0.3 is 0 Å². The van der Waals surface area contributed by atoms with Gasteiger partial charge in [0.1, 0.15) is 6.33 Å². The molecule has 0 saturated carbocycles. The van der Waals surface area contributed by atoms with Crippen molar-refractivity contribution in [2.24, 2.45) is 0 Å². The molecule has 1 N–H and O–H groups in total. The van der Waals surface area contributed by atoms with E-state index in [2.05, 4.69) is 15.3 Å². The first-order chi connectivity index (χ1) is 8.27. The lowest BCUT2D eigenvalue weighted by Crippen LogP contribution is -2.18. The maximum Gasteiger partial charge on any atom is 0.231 e. The Balaban J connectivity index is 2.06. The predicted molar refractivity (Wildman–Crippen MR) is 65.5 cm³/mol. The van der Waals surface area contributed by atoms with Gasteiger partial charge in [-0.05, 0) is 12.5 Å². The Labute approximate surface area is 99.7 Å². The molecule has 1 heterocycles. The van der Waals surface area contributed by atoms with Gasteiger partial charge in [0.15, 0.2) is 0 Å². The standard InChI is InChI=1S/C13H13N3O/c1-10(11-5-3-2-4-6-11)13(17)16-12-7-14-9-15-8-12/h2-10H,1H3,(H,16,17). The van der Waals surface area contributed by atoms with E-state index in [9.17, 15) is 4.79 Å². The van der Waals surface area contributed by atoms with Crippen molar-refractivity contribution in [2.75, 3.05) is 5.32 Å². The van der Waals surface area contributed by atoms with Gasteiger partial charge in [-0.25, -0.2) is 9.97 Å². The number of rotatable bonds is 3. The molecule has 2 aromatic rings. The Hall–Kier alpha value is -2.23. The van der Waals surface area contributed by atoms with Gasteiger partial charge in [0.2, 0.25) is 5.91 Å². The lowest BCUT2D eigenvalue weighted by Gasteiger charge is -2.11. The maximum absolute atomic E-state index is 11.9. The van der Waals surface area contributed by atoms with Crippen LogP contribution < -0.4 is 5.32 Å². The van der Waals surface area contributed by atoms with Crippen LogP contribution in [0.2, 0.25) is 0 Å². The Kier molecular flexibility index (Phi) is 3.45. The summed E-state index contributed by atoms with van der Waals surface area (Å²) in [7, 11) is 0. The summed E-state index contributed by atoms with van der Waals surface area (Å²) in [6, 6.07) is 9.64. The fourth-order valence-electron chi connectivity index (χ4n) is 1.51. The molecule has 0 aliphatic rings. The number of anilines is 1. The van der Waals surface area contributed by atoms with Gasteiger partial charge in [-0.1, -0.05) is 30.3 Å². The van der Waals surface area contributed by atoms with Crippen LogP contribution in [0.3, 0.4) is 0 Å². The van der Waals surface area contributed by atoms with Gasteiger partial charge in [0.05, 0.1) is 24.0 Å². The van der Waals surface area contributed by atoms with Crippen LogP contribution >= 0.6 is 0 Å². The van der Waals surface area contributed by atoms with E-state index in [1.165, 1.54) is 6.33 Å². The third-order valence-electron chi connectivity index (χ3n) is 2.52. The summed E-state index contributed by atoms with van der Waals surface area (Å²) in [6.45, 7) is 1.87. The van der Waals surface area contributed by atoms with Crippen molar-refractivity contribution in [3.63, 3.8) is 0 Å². The van der Waals surface area contributed by atoms with Crippen molar-refractivity contribution in [1.29, 1.82) is 0 Å². The zero-order valence-electron chi connectivity index (χ0n) is 9.50. The minimum Gasteiger partial charge on any atom is -0.323 e. The second-order valence-corrected chi connectivity index (χ2v) is 3.75. The number of amides is 1. The zero-order chi connectivity index (χ0) is 12.1. The number of hydrogen-bond acceptors (Lipinski definition) is 3. The summed E-state index contributed by atoms with van der Waals surface area (Å²) >= 11 is 0. The van der Waals surface area contributed by atoms with Crippen LogP contribution in [0.4, 0.5) is 5.69 Å². The Morgan fingerprint density at radius 2 is 1.82 bits per heavy atom. The van der Waals surface area contributed by atoms with Crippen molar-refractivity contribution in [1.82, 2.24) is 9.97 Å². The molecule has 4 heteroatoms. The molecule has 4 nitrogen and oxygen atoms in total. The molecule has 0 aliphatic carbocycles. The number of carbonyl (C=O) groups excluding carboxylic acids is 1. The number of benzene rings is 1. The fourth-order valence-corrected chi connectivity index (χ4v) is 1.51. The number of aromatic nitrogens is 2. The van der Waals surface area contributed by atoms with E-state index >= 15 is 0 Å². The summed E-state index contributed by atoms with van der Waals surface area (Å²) < 4.78 is 0. The van der Waals surface area contributed by atoms with Crippen LogP contribution in [0.25, 0.3) is 0 Å². The highest BCUT2D eigenvalue weighted by Crippen LogP contribution is 2.16. The second kappa shape index (κ2) is 5.21. The normalized spacial score (nSPS) is 11.8. The average molecular weight is 227 g/mol. The largest absolute Gasteiger partial charge is 0.323 e. The molecule has 86 valence electrons. The molecular weight excluding hydrogens is 214 g/mol. The Morgan fingerprint density at radius 1 is 1.18 bits per heavy atom. The highest BCUT2D eigenvalue weighted by molar-refractivity contribution is 5.95. The first kappa shape index (κ1) is 11.3. The minimum atomic E-state index is -0.198. The van der Waals surface area contributed by atoms with Gasteiger partial charge in [0.25, 0.3) is 0 Å². The second-order valence-electron chi connectivity index (χ2n) is 3.75. The molecule has 1 unspecified atom stereocenters. The molecule has 1 aromatic carbocycles. The van der Waals surface area contributed by atoms with Crippen LogP contribution in [0.1, 0.15) is 18.4 Å².